The number of nitro benzene ring substituents is 4. The van der Waals surface area contributed by atoms with E-state index in [1.54, 1.807) is 36.4 Å². The maximum atomic E-state index is 11.7. The zero-order valence-corrected chi connectivity index (χ0v) is 35.2. The maximum Gasteiger partial charge on any atom is 0.301 e. The molecule has 0 amide bonds. The number of benzene rings is 4. The van der Waals surface area contributed by atoms with Gasteiger partial charge < -0.3 is 28.4 Å². The van der Waals surface area contributed by atoms with Crippen molar-refractivity contribution in [3.8, 4) is 23.0 Å². The van der Waals surface area contributed by atoms with Gasteiger partial charge in [0, 0.05) is 23.3 Å². The van der Waals surface area contributed by atoms with Gasteiger partial charge in [0.1, 0.15) is 37.8 Å². The number of fused-ring (bicyclic) bond motifs is 2. The SMILES string of the molecule is CCCC/C(=N/Nc1ccc([N+](=O)[O-])cc1[N+](=O)[O-])c1ccc2c(c1)OCCOCCOc1ccc(/C(CCCC)=N\Nc3ccc([N+](=O)[O-])cc3[N+](=O)[O-])cc1OCCOCCO2. The van der Waals surface area contributed by atoms with Crippen molar-refractivity contribution in [1.29, 1.82) is 0 Å². The molecule has 2 N–H and O–H groups in total. The summed E-state index contributed by atoms with van der Waals surface area (Å²) in [6.45, 7) is 5.43. The van der Waals surface area contributed by atoms with Gasteiger partial charge in [-0.1, -0.05) is 26.7 Å². The number of ether oxygens (including phenoxy) is 6. The van der Waals surface area contributed by atoms with E-state index in [0.29, 0.717) is 58.4 Å². The number of hydrogen-bond donors (Lipinski definition) is 2. The predicted octanol–water partition coefficient (Wildman–Crippen LogP) is 8.59. The number of rotatable bonds is 16. The average Bonchev–Trinajstić information content (AvgIpc) is 3.28. The fourth-order valence-corrected chi connectivity index (χ4v) is 6.12. The Hall–Kier alpha value is -7.46. The van der Waals surface area contributed by atoms with E-state index in [1.807, 2.05) is 13.8 Å². The molecule has 340 valence electrons. The van der Waals surface area contributed by atoms with Crippen LogP contribution in [0.25, 0.3) is 0 Å². The van der Waals surface area contributed by atoms with Crippen LogP contribution < -0.4 is 29.8 Å². The molecule has 22 heteroatoms. The fraction of sp³-hybridized carbons (Fsp3) is 0.381. The number of nitrogens with one attached hydrogen (secondary N) is 2. The molecule has 5 rings (SSSR count). The highest BCUT2D eigenvalue weighted by Crippen LogP contribution is 2.34. The van der Waals surface area contributed by atoms with Gasteiger partial charge in [-0.15, -0.1) is 0 Å². The largest absolute Gasteiger partial charge is 0.487 e. The molecule has 64 heavy (non-hydrogen) atoms. The van der Waals surface area contributed by atoms with Crippen LogP contribution >= 0.6 is 0 Å². The lowest BCUT2D eigenvalue weighted by molar-refractivity contribution is -0.393. The van der Waals surface area contributed by atoms with Gasteiger partial charge in [0.05, 0.1) is 69.7 Å². The molecule has 0 fully saturated rings. The van der Waals surface area contributed by atoms with Crippen molar-refractivity contribution in [2.45, 2.75) is 52.4 Å². The van der Waals surface area contributed by atoms with E-state index in [9.17, 15) is 40.5 Å². The summed E-state index contributed by atoms with van der Waals surface area (Å²) in [5.41, 5.74) is 6.09. The van der Waals surface area contributed by atoms with Crippen LogP contribution in [-0.2, 0) is 9.47 Å². The highest BCUT2D eigenvalue weighted by atomic mass is 16.6. The molecule has 0 aromatic heterocycles. The van der Waals surface area contributed by atoms with Gasteiger partial charge in [-0.05, 0) is 74.2 Å². The Morgan fingerprint density at radius 2 is 0.875 bits per heavy atom. The van der Waals surface area contributed by atoms with Crippen LogP contribution in [0.5, 0.6) is 23.0 Å². The molecule has 4 aromatic carbocycles. The minimum atomic E-state index is -0.713. The third-order valence-electron chi connectivity index (χ3n) is 9.43. The predicted molar refractivity (Wildman–Crippen MR) is 235 cm³/mol. The van der Waals surface area contributed by atoms with Crippen LogP contribution in [0.15, 0.2) is 83.0 Å². The van der Waals surface area contributed by atoms with E-state index in [1.165, 1.54) is 12.1 Å². The Balaban J connectivity index is 1.28. The van der Waals surface area contributed by atoms with Crippen molar-refractivity contribution in [2.24, 2.45) is 10.2 Å². The number of nitrogens with zero attached hydrogens (tertiary/aromatic N) is 6. The molecule has 0 radical (unpaired) electrons. The summed E-state index contributed by atoms with van der Waals surface area (Å²) in [5.74, 6) is 1.67. The molecule has 0 bridgehead atoms. The second-order valence-electron chi connectivity index (χ2n) is 13.9. The van der Waals surface area contributed by atoms with Gasteiger partial charge in [0.2, 0.25) is 0 Å². The first kappa shape index (κ1) is 47.6. The second kappa shape index (κ2) is 24.2. The Morgan fingerprint density at radius 3 is 1.22 bits per heavy atom. The quantitative estimate of drug-likeness (QED) is 0.0605. The Kier molecular flexibility index (Phi) is 18.0. The third-order valence-corrected chi connectivity index (χ3v) is 9.43. The van der Waals surface area contributed by atoms with E-state index < -0.39 is 42.4 Å². The van der Waals surface area contributed by atoms with Gasteiger partial charge in [-0.3, -0.25) is 51.3 Å². The Morgan fingerprint density at radius 1 is 0.500 bits per heavy atom. The van der Waals surface area contributed by atoms with Gasteiger partial charge in [0.15, 0.2) is 23.0 Å². The van der Waals surface area contributed by atoms with Gasteiger partial charge in [0.25, 0.3) is 11.4 Å². The zero-order valence-electron chi connectivity index (χ0n) is 35.2. The lowest BCUT2D eigenvalue weighted by Crippen LogP contribution is -2.16. The van der Waals surface area contributed by atoms with Crippen LogP contribution in [0.4, 0.5) is 34.1 Å². The van der Waals surface area contributed by atoms with Gasteiger partial charge in [-0.25, -0.2) is 0 Å². The molecule has 1 aliphatic heterocycles. The number of hydrogen-bond acceptors (Lipinski definition) is 18. The van der Waals surface area contributed by atoms with Crippen LogP contribution in [-0.4, -0.2) is 84.0 Å². The van der Waals surface area contributed by atoms with Crippen molar-refractivity contribution in [1.82, 2.24) is 0 Å². The molecule has 0 saturated heterocycles. The lowest BCUT2D eigenvalue weighted by atomic mass is 10.0. The van der Waals surface area contributed by atoms with Gasteiger partial charge >= 0.3 is 11.4 Å². The minimum absolute atomic E-state index is 0.00518. The number of nitro groups is 4. The third kappa shape index (κ3) is 13.8. The van der Waals surface area contributed by atoms with Crippen LogP contribution in [0.1, 0.15) is 63.5 Å². The molecule has 0 atom stereocenters. The van der Waals surface area contributed by atoms with Crippen molar-refractivity contribution in [2.75, 3.05) is 63.7 Å². The number of hydrazone groups is 2. The highest BCUT2D eigenvalue weighted by Gasteiger charge is 2.22. The van der Waals surface area contributed by atoms with Crippen LogP contribution in [0, 0.1) is 40.5 Å². The molecule has 1 aliphatic rings. The molecule has 1 heterocycles. The molecule has 0 saturated carbocycles. The first-order valence-corrected chi connectivity index (χ1v) is 20.4. The molecule has 0 unspecified atom stereocenters. The smallest absolute Gasteiger partial charge is 0.301 e. The molecular weight excluding hydrogens is 841 g/mol. The summed E-state index contributed by atoms with van der Waals surface area (Å²) in [6.07, 6.45) is 4.22. The summed E-state index contributed by atoms with van der Waals surface area (Å²) in [6, 6.07) is 17.1. The molecule has 4 aromatic rings. The standard InChI is InChI=1S/C42H48N8O14/c1-3-5-7-33(43-45-35-13-11-31(47(51)52)27-37(35)49(55)56)29-9-15-39-41(25-29)63-23-19-59-18-22-62-40-16-10-30(26-42(40)64-24-20-60-17-21-61-39)34(8-6-4-2)44-46-36-14-12-32(48(53)54)28-38(36)50(57)58/h9-16,25-28,45-46H,3-8,17-24H2,1-2H3/b43-33-,44-34-. The number of anilines is 2. The average molecular weight is 889 g/mol. The number of unbranched alkanes of at least 4 members (excludes halogenated alkanes) is 2. The number of non-ortho nitro benzene ring substituents is 2. The van der Waals surface area contributed by atoms with Gasteiger partial charge in [-0.2, -0.15) is 10.2 Å². The fourth-order valence-electron chi connectivity index (χ4n) is 6.12. The molecule has 0 aliphatic carbocycles. The summed E-state index contributed by atoms with van der Waals surface area (Å²) in [4.78, 5) is 43.0. The maximum absolute atomic E-state index is 11.7. The first-order chi connectivity index (χ1) is 31.0. The van der Waals surface area contributed by atoms with E-state index in [0.717, 1.165) is 49.9 Å². The lowest BCUT2D eigenvalue weighted by Gasteiger charge is -2.17. The minimum Gasteiger partial charge on any atom is -0.487 e. The summed E-state index contributed by atoms with van der Waals surface area (Å²) < 4.78 is 36.0. The second-order valence-corrected chi connectivity index (χ2v) is 13.9. The van der Waals surface area contributed by atoms with Crippen molar-refractivity contribution in [3.05, 3.63) is 124 Å². The highest BCUT2D eigenvalue weighted by molar-refractivity contribution is 6.02. The topological polar surface area (TPSA) is 277 Å². The Labute approximate surface area is 366 Å². The monoisotopic (exact) mass is 888 g/mol. The van der Waals surface area contributed by atoms with E-state index in [-0.39, 0.29) is 64.2 Å². The summed E-state index contributed by atoms with van der Waals surface area (Å²) in [5, 5.41) is 54.8. The van der Waals surface area contributed by atoms with E-state index in [4.69, 9.17) is 28.4 Å². The normalized spacial score (nSPS) is 14.1. The van der Waals surface area contributed by atoms with E-state index >= 15 is 0 Å². The molecule has 22 nitrogen and oxygen atoms in total. The van der Waals surface area contributed by atoms with Crippen molar-refractivity contribution < 1.29 is 48.1 Å². The van der Waals surface area contributed by atoms with Crippen LogP contribution in [0.3, 0.4) is 0 Å². The summed E-state index contributed by atoms with van der Waals surface area (Å²) >= 11 is 0. The first-order valence-electron chi connectivity index (χ1n) is 20.4. The molecule has 0 spiro atoms. The van der Waals surface area contributed by atoms with Crippen molar-refractivity contribution in [3.63, 3.8) is 0 Å². The van der Waals surface area contributed by atoms with Crippen LogP contribution in [0.2, 0.25) is 0 Å². The zero-order chi connectivity index (χ0) is 45.8. The van der Waals surface area contributed by atoms with Crippen molar-refractivity contribution >= 4 is 45.5 Å². The molecular formula is C42H48N8O14. The Bertz CT molecular complexity index is 2180. The summed E-state index contributed by atoms with van der Waals surface area (Å²) in [7, 11) is 0. The van der Waals surface area contributed by atoms with E-state index in [2.05, 4.69) is 21.1 Å².